The highest BCUT2D eigenvalue weighted by atomic mass is 32.2. The summed E-state index contributed by atoms with van der Waals surface area (Å²) in [6, 6.07) is 8.88. The molecule has 0 atom stereocenters. The zero-order valence-corrected chi connectivity index (χ0v) is 11.4. The van der Waals surface area contributed by atoms with Gasteiger partial charge in [-0.15, -0.1) is 11.8 Å². The Labute approximate surface area is 103 Å². The molecule has 1 rings (SSSR count). The van der Waals surface area contributed by atoms with Gasteiger partial charge in [0.2, 0.25) is 0 Å². The van der Waals surface area contributed by atoms with E-state index < -0.39 is 0 Å². The molecule has 16 heavy (non-hydrogen) atoms. The van der Waals surface area contributed by atoms with Gasteiger partial charge < -0.3 is 10.2 Å². The Bertz CT molecular complexity index is 282. The smallest absolute Gasteiger partial charge is 0.101 e. The minimum absolute atomic E-state index is 1.11. The summed E-state index contributed by atoms with van der Waals surface area (Å²) in [4.78, 5) is 2.89. The lowest BCUT2D eigenvalue weighted by Crippen LogP contribution is -3.06. The van der Waals surface area contributed by atoms with Gasteiger partial charge in [-0.05, 0) is 18.4 Å². The van der Waals surface area contributed by atoms with E-state index in [0.717, 1.165) is 6.54 Å². The molecule has 0 saturated heterocycles. The molecular formula is C13H24N2S+2. The third-order valence-corrected chi connectivity index (χ3v) is 3.37. The molecule has 0 amide bonds. The summed E-state index contributed by atoms with van der Waals surface area (Å²) in [6.45, 7) is 3.61. The number of quaternary nitrogens is 2. The Kier molecular flexibility index (Phi) is 6.53. The van der Waals surface area contributed by atoms with Crippen LogP contribution in [0.15, 0.2) is 29.2 Å². The van der Waals surface area contributed by atoms with Crippen LogP contribution in [0.5, 0.6) is 0 Å². The summed E-state index contributed by atoms with van der Waals surface area (Å²) in [5, 5.41) is 2.40. The van der Waals surface area contributed by atoms with Gasteiger partial charge in [0.05, 0.1) is 27.2 Å². The summed E-state index contributed by atoms with van der Waals surface area (Å²) >= 11 is 1.80. The Morgan fingerprint density at radius 3 is 2.44 bits per heavy atom. The number of nitrogens with two attached hydrogens (primary N) is 1. The maximum Gasteiger partial charge on any atom is 0.101 e. The van der Waals surface area contributed by atoms with E-state index >= 15 is 0 Å². The highest BCUT2D eigenvalue weighted by molar-refractivity contribution is 7.98. The molecule has 0 heterocycles. The number of nitrogens with one attached hydrogen (secondary N) is 1. The molecule has 2 nitrogen and oxygen atoms in total. The first-order valence-corrected chi connectivity index (χ1v) is 7.18. The molecule has 3 heteroatoms. The standard InChI is InChI=1S/C13H22N2S/c1-15(2)10-4-9-14-11-12-5-7-13(16-3)8-6-12/h5-8,14H,4,9-11H2,1-3H3/p+2. The summed E-state index contributed by atoms with van der Waals surface area (Å²) in [5.41, 5.74) is 1.43. The van der Waals surface area contributed by atoms with Gasteiger partial charge in [-0.2, -0.15) is 0 Å². The molecule has 0 spiro atoms. The molecule has 1 aromatic rings. The summed E-state index contributed by atoms with van der Waals surface area (Å²) in [5.74, 6) is 0. The molecule has 0 saturated carbocycles. The fraction of sp³-hybridized carbons (Fsp3) is 0.538. The number of benzene rings is 1. The Hall–Kier alpha value is -0.510. The summed E-state index contributed by atoms with van der Waals surface area (Å²) < 4.78 is 0. The fourth-order valence-electron chi connectivity index (χ4n) is 1.63. The number of thioether (sulfide) groups is 1. The largest absolute Gasteiger partial charge is 0.342 e. The van der Waals surface area contributed by atoms with Gasteiger partial charge in [0, 0.05) is 16.9 Å². The number of rotatable bonds is 7. The first-order valence-electron chi connectivity index (χ1n) is 5.96. The predicted molar refractivity (Wildman–Crippen MR) is 71.0 cm³/mol. The van der Waals surface area contributed by atoms with Crippen LogP contribution in [-0.4, -0.2) is 33.4 Å². The van der Waals surface area contributed by atoms with Gasteiger partial charge in [-0.25, -0.2) is 0 Å². The first-order chi connectivity index (χ1) is 7.72. The molecule has 0 aliphatic rings. The second-order valence-corrected chi connectivity index (χ2v) is 5.32. The molecule has 0 fully saturated rings. The van der Waals surface area contributed by atoms with Crippen molar-refractivity contribution in [3.63, 3.8) is 0 Å². The van der Waals surface area contributed by atoms with Gasteiger partial charge in [-0.1, -0.05) is 12.1 Å². The van der Waals surface area contributed by atoms with Crippen molar-refractivity contribution in [3.05, 3.63) is 29.8 Å². The maximum atomic E-state index is 2.40. The van der Waals surface area contributed by atoms with Crippen LogP contribution in [0.4, 0.5) is 0 Å². The zero-order valence-electron chi connectivity index (χ0n) is 10.6. The van der Waals surface area contributed by atoms with E-state index in [0.29, 0.717) is 0 Å². The Morgan fingerprint density at radius 2 is 1.88 bits per heavy atom. The van der Waals surface area contributed by atoms with Gasteiger partial charge in [0.15, 0.2) is 0 Å². The zero-order chi connectivity index (χ0) is 11.8. The minimum atomic E-state index is 1.11. The lowest BCUT2D eigenvalue weighted by Gasteiger charge is -2.06. The second-order valence-electron chi connectivity index (χ2n) is 4.44. The Balaban J connectivity index is 2.16. The van der Waals surface area contributed by atoms with Gasteiger partial charge in [0.1, 0.15) is 6.54 Å². The molecule has 90 valence electrons. The molecule has 3 N–H and O–H groups in total. The van der Waals surface area contributed by atoms with Gasteiger partial charge in [0.25, 0.3) is 0 Å². The normalized spacial score (nSPS) is 11.0. The number of hydrogen-bond donors (Lipinski definition) is 2. The van der Waals surface area contributed by atoms with E-state index in [1.54, 1.807) is 11.8 Å². The van der Waals surface area contributed by atoms with E-state index in [-0.39, 0.29) is 0 Å². The molecule has 0 aliphatic heterocycles. The lowest BCUT2D eigenvalue weighted by atomic mass is 10.2. The van der Waals surface area contributed by atoms with E-state index in [9.17, 15) is 0 Å². The van der Waals surface area contributed by atoms with Crippen LogP contribution in [0.3, 0.4) is 0 Å². The number of hydrogen-bond acceptors (Lipinski definition) is 1. The quantitative estimate of drug-likeness (QED) is 0.508. The SMILES string of the molecule is CSc1ccc(C[NH2+]CCC[NH+](C)C)cc1. The highest BCUT2D eigenvalue weighted by Gasteiger charge is 1.98. The van der Waals surface area contributed by atoms with Gasteiger partial charge >= 0.3 is 0 Å². The molecule has 0 radical (unpaired) electrons. The molecule has 1 aromatic carbocycles. The maximum absolute atomic E-state index is 2.40. The molecule has 0 aromatic heterocycles. The van der Waals surface area contributed by atoms with E-state index in [2.05, 4.69) is 49.9 Å². The molecule has 0 unspecified atom stereocenters. The van der Waals surface area contributed by atoms with Gasteiger partial charge in [-0.3, -0.25) is 0 Å². The van der Waals surface area contributed by atoms with Crippen molar-refractivity contribution in [1.82, 2.24) is 0 Å². The van der Waals surface area contributed by atoms with E-state index in [1.165, 1.54) is 34.9 Å². The highest BCUT2D eigenvalue weighted by Crippen LogP contribution is 2.14. The molecule has 0 bridgehead atoms. The van der Waals surface area contributed by atoms with Crippen LogP contribution in [0, 0.1) is 0 Å². The monoisotopic (exact) mass is 240 g/mol. The summed E-state index contributed by atoms with van der Waals surface area (Å²) in [6.07, 6.45) is 3.41. The summed E-state index contributed by atoms with van der Waals surface area (Å²) in [7, 11) is 4.42. The topological polar surface area (TPSA) is 21.1 Å². The van der Waals surface area contributed by atoms with E-state index in [4.69, 9.17) is 0 Å². The van der Waals surface area contributed by atoms with Crippen LogP contribution in [0.25, 0.3) is 0 Å². The van der Waals surface area contributed by atoms with Crippen molar-refractivity contribution >= 4 is 11.8 Å². The lowest BCUT2D eigenvalue weighted by molar-refractivity contribution is -0.860. The minimum Gasteiger partial charge on any atom is -0.342 e. The van der Waals surface area contributed by atoms with Crippen molar-refractivity contribution in [3.8, 4) is 0 Å². The molecular weight excluding hydrogens is 216 g/mol. The second kappa shape index (κ2) is 7.71. The van der Waals surface area contributed by atoms with Crippen molar-refractivity contribution in [2.24, 2.45) is 0 Å². The average molecular weight is 240 g/mol. The van der Waals surface area contributed by atoms with Crippen LogP contribution in [0.1, 0.15) is 12.0 Å². The average Bonchev–Trinajstić information content (AvgIpc) is 2.29. The van der Waals surface area contributed by atoms with E-state index in [1.807, 2.05) is 0 Å². The third kappa shape index (κ3) is 5.54. The molecule has 0 aliphatic carbocycles. The third-order valence-electron chi connectivity index (χ3n) is 2.62. The first kappa shape index (κ1) is 13.6. The van der Waals surface area contributed by atoms with Crippen molar-refractivity contribution < 1.29 is 10.2 Å². The van der Waals surface area contributed by atoms with Crippen molar-refractivity contribution in [1.29, 1.82) is 0 Å². The van der Waals surface area contributed by atoms with Crippen LogP contribution < -0.4 is 10.2 Å². The predicted octanol–water partition coefficient (Wildman–Crippen LogP) is 0.00650. The van der Waals surface area contributed by atoms with Crippen molar-refractivity contribution in [2.75, 3.05) is 33.4 Å². The fourth-order valence-corrected chi connectivity index (χ4v) is 2.04. The van der Waals surface area contributed by atoms with Crippen LogP contribution in [-0.2, 0) is 6.54 Å². The van der Waals surface area contributed by atoms with Crippen LogP contribution in [0.2, 0.25) is 0 Å². The Morgan fingerprint density at radius 1 is 1.19 bits per heavy atom. The van der Waals surface area contributed by atoms with Crippen LogP contribution >= 0.6 is 11.8 Å². The van der Waals surface area contributed by atoms with Crippen molar-refractivity contribution in [2.45, 2.75) is 17.9 Å².